The number of fused-ring (bicyclic) bond motifs is 1. The molecule has 0 aliphatic rings. The average molecular weight is 365 g/mol. The van der Waals surface area contributed by atoms with Crippen molar-refractivity contribution in [2.24, 2.45) is 0 Å². The minimum absolute atomic E-state index is 0.549. The minimum atomic E-state index is 0.549. The van der Waals surface area contributed by atoms with Gasteiger partial charge in [0.25, 0.3) is 0 Å². The number of aromatic nitrogens is 3. The molecule has 0 saturated heterocycles. The summed E-state index contributed by atoms with van der Waals surface area (Å²) in [6.45, 7) is 4.48. The van der Waals surface area contributed by atoms with Gasteiger partial charge >= 0.3 is 0 Å². The average Bonchev–Trinajstić information content (AvgIpc) is 3.04. The van der Waals surface area contributed by atoms with Crippen molar-refractivity contribution in [1.29, 1.82) is 0 Å². The molecule has 0 radical (unpaired) electrons. The number of halogens is 1. The van der Waals surface area contributed by atoms with E-state index in [0.29, 0.717) is 34.3 Å². The van der Waals surface area contributed by atoms with Gasteiger partial charge in [-0.25, -0.2) is 9.97 Å². The Morgan fingerprint density at radius 1 is 1.04 bits per heavy atom. The van der Waals surface area contributed by atoms with E-state index in [1.807, 2.05) is 55.5 Å². The van der Waals surface area contributed by atoms with Gasteiger partial charge in [-0.3, -0.25) is 0 Å². The van der Waals surface area contributed by atoms with Crippen LogP contribution in [-0.2, 0) is 6.54 Å². The van der Waals surface area contributed by atoms with Crippen LogP contribution in [0.1, 0.15) is 17.0 Å². The molecule has 0 amide bonds. The number of nitrogens with zero attached hydrogens (tertiary/aromatic N) is 3. The molecule has 6 heteroatoms. The lowest BCUT2D eigenvalue weighted by molar-refractivity contribution is 0.459. The third kappa shape index (κ3) is 3.26. The third-order valence-corrected chi connectivity index (χ3v) is 4.34. The number of nitrogens with one attached hydrogen (secondary N) is 1. The van der Waals surface area contributed by atoms with Crippen LogP contribution in [0, 0.1) is 13.8 Å². The fourth-order valence-corrected chi connectivity index (χ4v) is 3.01. The van der Waals surface area contributed by atoms with Gasteiger partial charge in [-0.15, -0.1) is 0 Å². The highest BCUT2D eigenvalue weighted by molar-refractivity contribution is 6.30. The molecule has 1 N–H and O–H groups in total. The van der Waals surface area contributed by atoms with Crippen molar-refractivity contribution in [2.75, 3.05) is 5.32 Å². The van der Waals surface area contributed by atoms with Crippen molar-refractivity contribution >= 4 is 28.5 Å². The molecule has 4 rings (SSSR count). The topological polar surface area (TPSA) is 63.8 Å². The van der Waals surface area contributed by atoms with Crippen LogP contribution >= 0.6 is 11.6 Å². The van der Waals surface area contributed by atoms with Gasteiger partial charge in [0.2, 0.25) is 5.58 Å². The SMILES string of the molecule is Cc1ccc(-c2noc3c(NCc4cccc(Cl)c4)nc(C)nc23)cc1. The summed E-state index contributed by atoms with van der Waals surface area (Å²) < 4.78 is 5.57. The summed E-state index contributed by atoms with van der Waals surface area (Å²) in [5.74, 6) is 1.28. The molecule has 5 nitrogen and oxygen atoms in total. The summed E-state index contributed by atoms with van der Waals surface area (Å²) in [4.78, 5) is 9.01. The van der Waals surface area contributed by atoms with E-state index in [2.05, 4.69) is 27.4 Å². The monoisotopic (exact) mass is 364 g/mol. The Kier molecular flexibility index (Phi) is 4.31. The first-order chi connectivity index (χ1) is 12.6. The summed E-state index contributed by atoms with van der Waals surface area (Å²) in [5.41, 5.74) is 5.18. The predicted molar refractivity (Wildman–Crippen MR) is 103 cm³/mol. The second-order valence-electron chi connectivity index (χ2n) is 6.18. The lowest BCUT2D eigenvalue weighted by Crippen LogP contribution is -2.03. The van der Waals surface area contributed by atoms with Gasteiger partial charge in [0.05, 0.1) is 0 Å². The van der Waals surface area contributed by atoms with Crippen molar-refractivity contribution < 1.29 is 4.52 Å². The lowest BCUT2D eigenvalue weighted by Gasteiger charge is -2.07. The number of hydrogen-bond donors (Lipinski definition) is 1. The quantitative estimate of drug-likeness (QED) is 0.541. The highest BCUT2D eigenvalue weighted by Gasteiger charge is 2.17. The van der Waals surface area contributed by atoms with Gasteiger partial charge in [-0.1, -0.05) is 58.7 Å². The largest absolute Gasteiger partial charge is 0.363 e. The number of hydrogen-bond acceptors (Lipinski definition) is 5. The zero-order chi connectivity index (χ0) is 18.1. The molecule has 2 aromatic carbocycles. The molecule has 0 aliphatic carbocycles. The van der Waals surface area contributed by atoms with Gasteiger partial charge in [0.15, 0.2) is 5.82 Å². The minimum Gasteiger partial charge on any atom is -0.363 e. The third-order valence-electron chi connectivity index (χ3n) is 4.10. The molecule has 26 heavy (non-hydrogen) atoms. The van der Waals surface area contributed by atoms with E-state index < -0.39 is 0 Å². The highest BCUT2D eigenvalue weighted by atomic mass is 35.5. The molecule has 0 spiro atoms. The lowest BCUT2D eigenvalue weighted by atomic mass is 10.1. The van der Waals surface area contributed by atoms with Crippen LogP contribution in [0.4, 0.5) is 5.82 Å². The normalized spacial score (nSPS) is 11.0. The Morgan fingerprint density at radius 2 is 1.85 bits per heavy atom. The molecule has 0 unspecified atom stereocenters. The standard InChI is InChI=1S/C20H17ClN4O/c1-12-6-8-15(9-7-12)17-18-19(26-25-17)20(24-13(2)23-18)22-11-14-4-3-5-16(21)10-14/h3-10H,11H2,1-2H3,(H,22,23,24). The van der Waals surface area contributed by atoms with Crippen LogP contribution in [0.15, 0.2) is 53.1 Å². The molecule has 4 aromatic rings. The molecule has 130 valence electrons. The molecule has 2 heterocycles. The van der Waals surface area contributed by atoms with Crippen LogP contribution in [0.2, 0.25) is 5.02 Å². The first-order valence-electron chi connectivity index (χ1n) is 8.29. The van der Waals surface area contributed by atoms with E-state index in [9.17, 15) is 0 Å². The Balaban J connectivity index is 1.71. The second-order valence-corrected chi connectivity index (χ2v) is 6.61. The zero-order valence-corrected chi connectivity index (χ0v) is 15.2. The summed E-state index contributed by atoms with van der Waals surface area (Å²) >= 11 is 6.05. The van der Waals surface area contributed by atoms with E-state index in [1.165, 1.54) is 5.56 Å². The van der Waals surface area contributed by atoms with Gasteiger partial charge in [-0.05, 0) is 31.5 Å². The fourth-order valence-electron chi connectivity index (χ4n) is 2.80. The van der Waals surface area contributed by atoms with E-state index in [0.717, 1.165) is 16.8 Å². The van der Waals surface area contributed by atoms with Crippen molar-refractivity contribution in [3.8, 4) is 11.3 Å². The molecular weight excluding hydrogens is 348 g/mol. The first-order valence-corrected chi connectivity index (χ1v) is 8.67. The predicted octanol–water partition coefficient (Wildman–Crippen LogP) is 5.17. The summed E-state index contributed by atoms with van der Waals surface area (Å²) in [6, 6.07) is 15.8. The number of benzene rings is 2. The molecular formula is C20H17ClN4O. The summed E-state index contributed by atoms with van der Waals surface area (Å²) in [7, 11) is 0. The Hall–Kier alpha value is -2.92. The van der Waals surface area contributed by atoms with Gasteiger partial charge in [0, 0.05) is 17.1 Å². The molecule has 0 bridgehead atoms. The van der Waals surface area contributed by atoms with Crippen LogP contribution in [0.5, 0.6) is 0 Å². The van der Waals surface area contributed by atoms with Crippen molar-refractivity contribution in [3.05, 3.63) is 70.5 Å². The summed E-state index contributed by atoms with van der Waals surface area (Å²) in [6.07, 6.45) is 0. The molecule has 0 atom stereocenters. The number of rotatable bonds is 4. The van der Waals surface area contributed by atoms with Gasteiger partial charge in [0.1, 0.15) is 17.0 Å². The zero-order valence-electron chi connectivity index (χ0n) is 14.5. The molecule has 0 saturated carbocycles. The van der Waals surface area contributed by atoms with Crippen LogP contribution in [-0.4, -0.2) is 15.1 Å². The maximum Gasteiger partial charge on any atom is 0.228 e. The maximum absolute atomic E-state index is 6.05. The maximum atomic E-state index is 6.05. The number of anilines is 1. The fraction of sp³-hybridized carbons (Fsp3) is 0.150. The van der Waals surface area contributed by atoms with Crippen LogP contribution in [0.3, 0.4) is 0 Å². The van der Waals surface area contributed by atoms with Crippen LogP contribution < -0.4 is 5.32 Å². The molecule has 2 aromatic heterocycles. The van der Waals surface area contributed by atoms with E-state index in [-0.39, 0.29) is 0 Å². The highest BCUT2D eigenvalue weighted by Crippen LogP contribution is 2.30. The van der Waals surface area contributed by atoms with E-state index in [1.54, 1.807) is 0 Å². The Labute approximate surface area is 156 Å². The van der Waals surface area contributed by atoms with Crippen LogP contribution in [0.25, 0.3) is 22.4 Å². The van der Waals surface area contributed by atoms with Crippen molar-refractivity contribution in [3.63, 3.8) is 0 Å². The van der Waals surface area contributed by atoms with E-state index in [4.69, 9.17) is 16.1 Å². The van der Waals surface area contributed by atoms with Crippen molar-refractivity contribution in [1.82, 2.24) is 15.1 Å². The Bertz CT molecular complexity index is 1070. The Morgan fingerprint density at radius 3 is 2.62 bits per heavy atom. The van der Waals surface area contributed by atoms with Crippen molar-refractivity contribution in [2.45, 2.75) is 20.4 Å². The smallest absolute Gasteiger partial charge is 0.228 e. The molecule has 0 aliphatic heterocycles. The van der Waals surface area contributed by atoms with Gasteiger partial charge in [-0.2, -0.15) is 0 Å². The second kappa shape index (κ2) is 6.77. The first kappa shape index (κ1) is 16.5. The molecule has 0 fully saturated rings. The summed E-state index contributed by atoms with van der Waals surface area (Å²) in [5, 5.41) is 8.23. The number of aryl methyl sites for hydroxylation is 2. The van der Waals surface area contributed by atoms with Gasteiger partial charge < -0.3 is 9.84 Å². The van der Waals surface area contributed by atoms with E-state index >= 15 is 0 Å².